The Morgan fingerprint density at radius 1 is 0.737 bits per heavy atom. The summed E-state index contributed by atoms with van der Waals surface area (Å²) in [5, 5.41) is 48.3. The van der Waals surface area contributed by atoms with Crippen LogP contribution in [0.3, 0.4) is 0 Å². The Morgan fingerprint density at radius 3 is 1.00 bits per heavy atom. The first-order chi connectivity index (χ1) is 8.07. The number of carboxylic acid groups (broad SMARTS) is 4. The van der Waals surface area contributed by atoms with Crippen LogP contribution < -0.4 is 0 Å². The van der Waals surface area contributed by atoms with E-state index < -0.39 is 48.9 Å². The fourth-order valence-corrected chi connectivity index (χ4v) is 0.505. The number of hydrogen-bond acceptors (Lipinski definition) is 6. The third-order valence-electron chi connectivity index (χ3n) is 1.31. The van der Waals surface area contributed by atoms with E-state index in [0.717, 1.165) is 0 Å². The van der Waals surface area contributed by atoms with Gasteiger partial charge in [-0.3, -0.25) is 9.59 Å². The van der Waals surface area contributed by atoms with Crippen molar-refractivity contribution in [1.29, 1.82) is 0 Å². The zero-order chi connectivity index (χ0) is 14.9. The quantitative estimate of drug-likeness (QED) is 0.281. The molecule has 0 aliphatic rings. The van der Waals surface area contributed by atoms with Crippen molar-refractivity contribution in [1.82, 2.24) is 0 Å². The van der Waals surface area contributed by atoms with Crippen LogP contribution in [0.15, 0.2) is 0 Å². The third kappa shape index (κ3) is 16.7. The van der Waals surface area contributed by atoms with E-state index in [9.17, 15) is 19.2 Å². The molecule has 106 valence electrons. The van der Waals surface area contributed by atoms with E-state index >= 15 is 0 Å². The van der Waals surface area contributed by atoms with Crippen molar-refractivity contribution in [2.24, 2.45) is 0 Å². The second kappa shape index (κ2) is 11.8. The summed E-state index contributed by atoms with van der Waals surface area (Å²) < 4.78 is 0. The van der Waals surface area contributed by atoms with Gasteiger partial charge >= 0.3 is 26.7 Å². The summed E-state index contributed by atoms with van der Waals surface area (Å²) in [5.74, 6) is -5.69. The van der Waals surface area contributed by atoms with Gasteiger partial charge in [0.15, 0.2) is 12.2 Å². The molecule has 2 unspecified atom stereocenters. The molecule has 10 nitrogen and oxygen atoms in total. The molecule has 0 aliphatic carbocycles. The third-order valence-corrected chi connectivity index (χ3v) is 1.31. The molecule has 0 aliphatic heterocycles. The Labute approximate surface area is 129 Å². The van der Waals surface area contributed by atoms with Crippen molar-refractivity contribution in [3.8, 4) is 0 Å². The molecule has 11 heteroatoms. The van der Waals surface area contributed by atoms with Gasteiger partial charge in [0.2, 0.25) is 0 Å². The second-order valence-electron chi connectivity index (χ2n) is 2.90. The van der Waals surface area contributed by atoms with Crippen LogP contribution in [0.25, 0.3) is 0 Å². The average molecular weight is 383 g/mol. The minimum atomic E-state index is -1.79. The molecule has 0 amide bonds. The molecule has 0 bridgehead atoms. The van der Waals surface area contributed by atoms with E-state index in [1.54, 1.807) is 0 Å². The van der Waals surface area contributed by atoms with Crippen LogP contribution in [0.5, 0.6) is 0 Å². The summed E-state index contributed by atoms with van der Waals surface area (Å²) in [4.78, 5) is 38.8. The van der Waals surface area contributed by atoms with Gasteiger partial charge in [0.05, 0.1) is 12.8 Å². The van der Waals surface area contributed by atoms with Gasteiger partial charge in [-0.05, 0) is 0 Å². The van der Waals surface area contributed by atoms with Crippen molar-refractivity contribution in [2.45, 2.75) is 25.0 Å². The van der Waals surface area contributed by atoms with Crippen LogP contribution in [-0.2, 0) is 46.5 Å². The largest absolute Gasteiger partial charge is 1.00 e. The average Bonchev–Trinajstić information content (AvgIpc) is 2.16. The Balaban J connectivity index is -0.0000000711. The maximum Gasteiger partial charge on any atom is 1.00 e. The van der Waals surface area contributed by atoms with E-state index in [4.69, 9.17) is 30.6 Å². The van der Waals surface area contributed by atoms with Gasteiger partial charge in [0.25, 0.3) is 0 Å². The fraction of sp³-hybridized carbons (Fsp3) is 0.500. The Bertz CT molecular complexity index is 305. The van der Waals surface area contributed by atoms with Gasteiger partial charge < -0.3 is 30.6 Å². The molecule has 19 heavy (non-hydrogen) atoms. The predicted octanol–water partition coefficient (Wildman–Crippen LogP) is -1.96. The van der Waals surface area contributed by atoms with Gasteiger partial charge in [0.1, 0.15) is 0 Å². The molecule has 0 aromatic heterocycles. The van der Waals surface area contributed by atoms with Crippen LogP contribution in [0.1, 0.15) is 15.7 Å². The summed E-state index contributed by atoms with van der Waals surface area (Å²) in [6.45, 7) is 0. The molecule has 6 N–H and O–H groups in total. The monoisotopic (exact) mass is 384 g/mol. The molecular formula is C8H14CdO10+2. The maximum absolute atomic E-state index is 9.72. The molecule has 0 radical (unpaired) electrons. The van der Waals surface area contributed by atoms with E-state index in [0.29, 0.717) is 0 Å². The van der Waals surface area contributed by atoms with Crippen molar-refractivity contribution in [3.63, 3.8) is 0 Å². The van der Waals surface area contributed by atoms with Gasteiger partial charge in [-0.2, -0.15) is 0 Å². The van der Waals surface area contributed by atoms with E-state index in [-0.39, 0.29) is 30.2 Å². The SMILES string of the molecule is O=C(O)CC(O)C(=O)O.O=C(O)CC(O)C(=O)O.[Cd].[H+].[H+]. The van der Waals surface area contributed by atoms with Crippen molar-refractivity contribution in [2.75, 3.05) is 0 Å². The summed E-state index contributed by atoms with van der Waals surface area (Å²) in [5.41, 5.74) is 0. The molecule has 0 aromatic rings. The van der Waals surface area contributed by atoms with E-state index in [2.05, 4.69) is 0 Å². The zero-order valence-electron chi connectivity index (χ0n) is 11.6. The molecular weight excluding hydrogens is 368 g/mol. The Kier molecular flexibility index (Phi) is 14.2. The number of aliphatic carboxylic acids is 4. The molecule has 2 atom stereocenters. The van der Waals surface area contributed by atoms with Crippen LogP contribution >= 0.6 is 0 Å². The molecule has 0 aromatic carbocycles. The van der Waals surface area contributed by atoms with Crippen LogP contribution in [-0.4, -0.2) is 66.7 Å². The van der Waals surface area contributed by atoms with Gasteiger partial charge in [-0.15, -0.1) is 0 Å². The standard InChI is InChI=1S/2C4H6O5.Cd/c2*5-2(4(8)9)1-3(6)7;/h2*2,5H,1H2,(H,6,7)(H,8,9);/p+2. The molecule has 0 saturated carbocycles. The van der Waals surface area contributed by atoms with Crippen molar-refractivity contribution < 1.29 is 80.0 Å². The topological polar surface area (TPSA) is 190 Å². The fourth-order valence-electron chi connectivity index (χ4n) is 0.505. The number of hydrogen-bond donors (Lipinski definition) is 6. The summed E-state index contributed by atoms with van der Waals surface area (Å²) in [6, 6.07) is 0. The summed E-state index contributed by atoms with van der Waals surface area (Å²) >= 11 is 0. The molecule has 0 saturated heterocycles. The van der Waals surface area contributed by atoms with Gasteiger partial charge in [-0.25, -0.2) is 9.59 Å². The van der Waals surface area contributed by atoms with Crippen molar-refractivity contribution in [3.05, 3.63) is 0 Å². The maximum atomic E-state index is 9.72. The Hall–Kier alpha value is -1.28. The normalized spacial score (nSPS) is 11.9. The zero-order valence-corrected chi connectivity index (χ0v) is 13.6. The minimum absolute atomic E-state index is 0. The number of aliphatic hydroxyl groups is 2. The van der Waals surface area contributed by atoms with Gasteiger partial charge in [0, 0.05) is 27.3 Å². The molecule has 0 heterocycles. The first kappa shape index (κ1) is 22.9. The Morgan fingerprint density at radius 2 is 0.947 bits per heavy atom. The van der Waals surface area contributed by atoms with E-state index in [1.165, 1.54) is 0 Å². The van der Waals surface area contributed by atoms with Crippen LogP contribution in [0.4, 0.5) is 0 Å². The number of carbonyl (C=O) groups is 4. The van der Waals surface area contributed by atoms with Crippen LogP contribution in [0, 0.1) is 0 Å². The first-order valence-electron chi connectivity index (χ1n) is 4.33. The second-order valence-corrected chi connectivity index (χ2v) is 2.90. The smallest absolute Gasteiger partial charge is 0.481 e. The number of carboxylic acids is 4. The van der Waals surface area contributed by atoms with Gasteiger partial charge in [-0.1, -0.05) is 0 Å². The first-order valence-corrected chi connectivity index (χ1v) is 4.33. The molecule has 0 fully saturated rings. The molecule has 0 rings (SSSR count). The predicted molar refractivity (Wildman–Crippen MR) is 54.0 cm³/mol. The summed E-state index contributed by atoms with van der Waals surface area (Å²) in [7, 11) is 0. The molecule has 0 spiro atoms. The summed E-state index contributed by atoms with van der Waals surface area (Å²) in [6.07, 6.45) is -5.09. The van der Waals surface area contributed by atoms with Crippen molar-refractivity contribution >= 4 is 23.9 Å². The number of aliphatic hydroxyl groups excluding tert-OH is 2. The number of rotatable bonds is 6. The van der Waals surface area contributed by atoms with E-state index in [1.807, 2.05) is 0 Å². The van der Waals surface area contributed by atoms with Crippen LogP contribution in [0.2, 0.25) is 0 Å². The minimum Gasteiger partial charge on any atom is -0.481 e.